The molecule has 13 heavy (non-hydrogen) atoms. The smallest absolute Gasteiger partial charge is 0.234 e. The summed E-state index contributed by atoms with van der Waals surface area (Å²) in [5.41, 5.74) is 5.12. The highest BCUT2D eigenvalue weighted by Crippen LogP contribution is 2.53. The lowest BCUT2D eigenvalue weighted by molar-refractivity contribution is -0.121. The van der Waals surface area contributed by atoms with Crippen molar-refractivity contribution in [1.82, 2.24) is 5.32 Å². The van der Waals surface area contributed by atoms with Gasteiger partial charge >= 0.3 is 0 Å². The van der Waals surface area contributed by atoms with E-state index in [0.29, 0.717) is 12.3 Å². The molecule has 3 atom stereocenters. The Labute approximate surface area is 76.9 Å². The number of hydrogen-bond donors (Lipinski definition) is 2. The van der Waals surface area contributed by atoms with Crippen LogP contribution in [-0.4, -0.2) is 23.3 Å². The maximum atomic E-state index is 11.0. The molecule has 72 valence electrons. The van der Waals surface area contributed by atoms with E-state index in [1.807, 2.05) is 0 Å². The van der Waals surface area contributed by atoms with E-state index in [1.165, 1.54) is 0 Å². The maximum Gasteiger partial charge on any atom is 0.234 e. The van der Waals surface area contributed by atoms with Crippen molar-refractivity contribution < 1.29 is 9.59 Å². The number of primary amides is 1. The normalized spacial score (nSPS) is 41.3. The molecule has 0 aromatic rings. The van der Waals surface area contributed by atoms with Gasteiger partial charge in [0.15, 0.2) is 0 Å². The molecule has 0 aromatic heterocycles. The van der Waals surface area contributed by atoms with Gasteiger partial charge in [0.25, 0.3) is 0 Å². The SMILES string of the molecule is CC(=O)CC12CC1CC(C(N)=O)N2. The van der Waals surface area contributed by atoms with Crippen LogP contribution in [0.25, 0.3) is 0 Å². The van der Waals surface area contributed by atoms with Crippen molar-refractivity contribution in [2.24, 2.45) is 11.7 Å². The van der Waals surface area contributed by atoms with Gasteiger partial charge in [-0.05, 0) is 25.7 Å². The molecule has 2 rings (SSSR count). The van der Waals surface area contributed by atoms with Crippen LogP contribution in [0.1, 0.15) is 26.2 Å². The molecule has 1 amide bonds. The number of fused-ring (bicyclic) bond motifs is 1. The summed E-state index contributed by atoms with van der Waals surface area (Å²) in [5, 5.41) is 3.18. The van der Waals surface area contributed by atoms with Crippen LogP contribution in [-0.2, 0) is 9.59 Å². The fraction of sp³-hybridized carbons (Fsp3) is 0.778. The largest absolute Gasteiger partial charge is 0.368 e. The monoisotopic (exact) mass is 182 g/mol. The fourth-order valence-electron chi connectivity index (χ4n) is 2.46. The predicted octanol–water partition coefficient (Wildman–Crippen LogP) is -0.429. The molecule has 0 spiro atoms. The van der Waals surface area contributed by atoms with Gasteiger partial charge in [-0.25, -0.2) is 0 Å². The second-order valence-corrected chi connectivity index (χ2v) is 4.27. The second kappa shape index (κ2) is 2.54. The third-order valence-corrected chi connectivity index (χ3v) is 3.12. The highest BCUT2D eigenvalue weighted by atomic mass is 16.1. The highest BCUT2D eigenvalue weighted by molar-refractivity contribution is 5.82. The van der Waals surface area contributed by atoms with Crippen LogP contribution in [0, 0.1) is 5.92 Å². The number of nitrogens with two attached hydrogens (primary N) is 1. The van der Waals surface area contributed by atoms with E-state index < -0.39 is 0 Å². The highest BCUT2D eigenvalue weighted by Gasteiger charge is 2.61. The molecule has 2 aliphatic rings. The van der Waals surface area contributed by atoms with E-state index in [1.54, 1.807) is 6.92 Å². The van der Waals surface area contributed by atoms with Gasteiger partial charge in [0, 0.05) is 12.0 Å². The number of rotatable bonds is 3. The Balaban J connectivity index is 1.99. The third-order valence-electron chi connectivity index (χ3n) is 3.12. The number of piperidine rings is 1. The first kappa shape index (κ1) is 8.69. The molecule has 0 radical (unpaired) electrons. The number of amides is 1. The lowest BCUT2D eigenvalue weighted by Gasteiger charge is -2.15. The minimum atomic E-state index is -0.296. The minimum Gasteiger partial charge on any atom is -0.368 e. The molecular weight excluding hydrogens is 168 g/mol. The zero-order chi connectivity index (χ0) is 9.64. The third kappa shape index (κ3) is 1.35. The van der Waals surface area contributed by atoms with Crippen LogP contribution in [0.5, 0.6) is 0 Å². The Bertz CT molecular complexity index is 277. The van der Waals surface area contributed by atoms with Crippen molar-refractivity contribution in [3.8, 4) is 0 Å². The standard InChI is InChI=1S/C9H14N2O2/c1-5(12)3-9-4-6(9)2-7(11-9)8(10)13/h6-7,11H,2-4H2,1H3,(H2,10,13). The van der Waals surface area contributed by atoms with Crippen molar-refractivity contribution in [3.05, 3.63) is 0 Å². The molecular formula is C9H14N2O2. The quantitative estimate of drug-likeness (QED) is 0.622. The van der Waals surface area contributed by atoms with Crippen molar-refractivity contribution in [2.75, 3.05) is 0 Å². The van der Waals surface area contributed by atoms with Gasteiger partial charge < -0.3 is 5.73 Å². The van der Waals surface area contributed by atoms with Gasteiger partial charge in [0.2, 0.25) is 5.91 Å². The first-order valence-electron chi connectivity index (χ1n) is 4.60. The number of ketones is 1. The average molecular weight is 182 g/mol. The first-order chi connectivity index (χ1) is 6.03. The number of carbonyl (C=O) groups is 2. The predicted molar refractivity (Wildman–Crippen MR) is 46.9 cm³/mol. The van der Waals surface area contributed by atoms with Crippen molar-refractivity contribution in [3.63, 3.8) is 0 Å². The van der Waals surface area contributed by atoms with Gasteiger partial charge in [-0.15, -0.1) is 0 Å². The summed E-state index contributed by atoms with van der Waals surface area (Å²) in [6.07, 6.45) is 2.38. The van der Waals surface area contributed by atoms with E-state index in [-0.39, 0.29) is 23.3 Å². The maximum absolute atomic E-state index is 11.0. The van der Waals surface area contributed by atoms with Crippen molar-refractivity contribution in [2.45, 2.75) is 37.8 Å². The number of hydrogen-bond acceptors (Lipinski definition) is 3. The molecule has 1 aliphatic carbocycles. The van der Waals surface area contributed by atoms with E-state index in [0.717, 1.165) is 12.8 Å². The first-order valence-corrected chi connectivity index (χ1v) is 4.60. The fourth-order valence-corrected chi connectivity index (χ4v) is 2.46. The Morgan fingerprint density at radius 2 is 2.31 bits per heavy atom. The summed E-state index contributed by atoms with van der Waals surface area (Å²) in [6, 6.07) is -0.210. The molecule has 4 heteroatoms. The van der Waals surface area contributed by atoms with Crippen LogP contribution in [0.3, 0.4) is 0 Å². The summed E-state index contributed by atoms with van der Waals surface area (Å²) < 4.78 is 0. The lowest BCUT2D eigenvalue weighted by atomic mass is 10.1. The summed E-state index contributed by atoms with van der Waals surface area (Å²) in [7, 11) is 0. The number of Topliss-reactive ketones (excluding diaryl/α,β-unsaturated/α-hetero) is 1. The molecule has 3 unspecified atom stereocenters. The summed E-state index contributed by atoms with van der Waals surface area (Å²) >= 11 is 0. The van der Waals surface area contributed by atoms with Crippen LogP contribution < -0.4 is 11.1 Å². The number of nitrogens with one attached hydrogen (secondary N) is 1. The summed E-state index contributed by atoms with van der Waals surface area (Å²) in [6.45, 7) is 1.59. The Hall–Kier alpha value is -0.900. The van der Waals surface area contributed by atoms with E-state index in [9.17, 15) is 9.59 Å². The Morgan fingerprint density at radius 3 is 2.77 bits per heavy atom. The van der Waals surface area contributed by atoms with Gasteiger partial charge in [0.1, 0.15) is 5.78 Å². The zero-order valence-corrected chi connectivity index (χ0v) is 7.67. The molecule has 1 aliphatic heterocycles. The van der Waals surface area contributed by atoms with Gasteiger partial charge in [0.05, 0.1) is 6.04 Å². The van der Waals surface area contributed by atoms with Crippen molar-refractivity contribution >= 4 is 11.7 Å². The van der Waals surface area contributed by atoms with E-state index in [4.69, 9.17) is 5.73 Å². The summed E-state index contributed by atoms with van der Waals surface area (Å²) in [5.74, 6) is 0.379. The molecule has 0 bridgehead atoms. The second-order valence-electron chi connectivity index (χ2n) is 4.27. The average Bonchev–Trinajstić information content (AvgIpc) is 2.51. The molecule has 1 saturated carbocycles. The van der Waals surface area contributed by atoms with Crippen LogP contribution >= 0.6 is 0 Å². The molecule has 0 aromatic carbocycles. The molecule has 1 heterocycles. The Kier molecular flexibility index (Phi) is 1.70. The van der Waals surface area contributed by atoms with E-state index in [2.05, 4.69) is 5.32 Å². The van der Waals surface area contributed by atoms with Gasteiger partial charge in [-0.1, -0.05) is 0 Å². The summed E-state index contributed by atoms with van der Waals surface area (Å²) in [4.78, 5) is 21.8. The van der Waals surface area contributed by atoms with E-state index >= 15 is 0 Å². The number of carbonyl (C=O) groups excluding carboxylic acids is 2. The van der Waals surface area contributed by atoms with Gasteiger partial charge in [-0.3, -0.25) is 14.9 Å². The zero-order valence-electron chi connectivity index (χ0n) is 7.67. The minimum absolute atomic E-state index is 0.0640. The van der Waals surface area contributed by atoms with Gasteiger partial charge in [-0.2, -0.15) is 0 Å². The Morgan fingerprint density at radius 1 is 1.62 bits per heavy atom. The molecule has 3 N–H and O–H groups in total. The molecule has 4 nitrogen and oxygen atoms in total. The lowest BCUT2D eigenvalue weighted by Crippen LogP contribution is -2.44. The van der Waals surface area contributed by atoms with Crippen LogP contribution in [0.4, 0.5) is 0 Å². The van der Waals surface area contributed by atoms with Crippen LogP contribution in [0.15, 0.2) is 0 Å². The van der Waals surface area contributed by atoms with Crippen molar-refractivity contribution in [1.29, 1.82) is 0 Å². The molecule has 1 saturated heterocycles. The topological polar surface area (TPSA) is 72.2 Å². The van der Waals surface area contributed by atoms with Crippen LogP contribution in [0.2, 0.25) is 0 Å². The molecule has 2 fully saturated rings.